The van der Waals surface area contributed by atoms with Crippen molar-refractivity contribution in [2.45, 2.75) is 25.4 Å². The van der Waals surface area contributed by atoms with Crippen LogP contribution in [-0.4, -0.2) is 50.2 Å². The second kappa shape index (κ2) is 6.88. The maximum atomic E-state index is 12.9. The normalized spacial score (nSPS) is 21.5. The van der Waals surface area contributed by atoms with E-state index < -0.39 is 10.0 Å². The number of fused-ring (bicyclic) bond motifs is 2. The molecule has 0 saturated carbocycles. The summed E-state index contributed by atoms with van der Waals surface area (Å²) in [4.78, 5) is 17.2. The predicted molar refractivity (Wildman–Crippen MR) is 107 cm³/mol. The number of hydrogen-bond acceptors (Lipinski definition) is 4. The molecular formula is C20H23N3O3S. The minimum Gasteiger partial charge on any atom is -0.365 e. The molecule has 1 N–H and O–H groups in total. The first-order valence-electron chi connectivity index (χ1n) is 9.20. The minimum atomic E-state index is -3.31. The van der Waals surface area contributed by atoms with E-state index in [0.29, 0.717) is 17.3 Å². The lowest BCUT2D eigenvalue weighted by Crippen LogP contribution is -2.48. The number of benzene rings is 2. The van der Waals surface area contributed by atoms with Crippen LogP contribution in [0, 0.1) is 0 Å². The molecule has 0 radical (unpaired) electrons. The van der Waals surface area contributed by atoms with Crippen molar-refractivity contribution >= 4 is 27.3 Å². The highest BCUT2D eigenvalue weighted by Crippen LogP contribution is 2.35. The van der Waals surface area contributed by atoms with Crippen molar-refractivity contribution < 1.29 is 13.2 Å². The molecule has 0 aliphatic carbocycles. The van der Waals surface area contributed by atoms with E-state index in [1.54, 1.807) is 31.2 Å². The summed E-state index contributed by atoms with van der Waals surface area (Å²) in [7, 11) is -3.31. The third-order valence-electron chi connectivity index (χ3n) is 5.37. The van der Waals surface area contributed by atoms with Gasteiger partial charge in [-0.25, -0.2) is 8.42 Å². The van der Waals surface area contributed by atoms with Crippen LogP contribution in [-0.2, 0) is 10.0 Å². The largest absolute Gasteiger partial charge is 0.365 e. The molecule has 0 aromatic heterocycles. The highest BCUT2D eigenvalue weighted by atomic mass is 32.2. The average Bonchev–Trinajstić information content (AvgIpc) is 3.29. The molecule has 2 atom stereocenters. The molecule has 27 heavy (non-hydrogen) atoms. The van der Waals surface area contributed by atoms with Gasteiger partial charge in [0, 0.05) is 36.1 Å². The van der Waals surface area contributed by atoms with E-state index in [1.165, 1.54) is 5.69 Å². The summed E-state index contributed by atoms with van der Waals surface area (Å²) in [6, 6.07) is 17.6. The van der Waals surface area contributed by atoms with Gasteiger partial charge in [0.1, 0.15) is 0 Å². The molecule has 0 unspecified atom stereocenters. The van der Waals surface area contributed by atoms with E-state index in [4.69, 9.17) is 0 Å². The molecule has 2 aromatic carbocycles. The molecule has 142 valence electrons. The monoisotopic (exact) mass is 385 g/mol. The van der Waals surface area contributed by atoms with Crippen LogP contribution >= 0.6 is 0 Å². The molecule has 0 spiro atoms. The van der Waals surface area contributed by atoms with Crippen LogP contribution in [0.4, 0.5) is 11.4 Å². The summed E-state index contributed by atoms with van der Waals surface area (Å²) in [6.45, 7) is 3.17. The molecule has 2 saturated heterocycles. The fourth-order valence-electron chi connectivity index (χ4n) is 3.95. The Hall–Kier alpha value is -2.54. The first-order chi connectivity index (χ1) is 13.0. The lowest BCUT2D eigenvalue weighted by molar-refractivity contribution is 0.0725. The zero-order chi connectivity index (χ0) is 19.0. The number of sulfonamides is 1. The van der Waals surface area contributed by atoms with E-state index in [9.17, 15) is 13.2 Å². The highest BCUT2D eigenvalue weighted by Gasteiger charge is 2.45. The Balaban J connectivity index is 1.43. The number of carbonyl (C=O) groups is 1. The standard InChI is InChI=1S/C20H23N3O3S/c1-2-27(25,26)21-16-10-8-15(9-11-16)20(24)23-14-18-12-19(23)13-22(18)17-6-4-3-5-7-17/h3-11,18-19,21H,2,12-14H2,1H3/t18-,19-/m0/s1. The number of nitrogens with zero attached hydrogens (tertiary/aromatic N) is 2. The molecule has 2 bridgehead atoms. The highest BCUT2D eigenvalue weighted by molar-refractivity contribution is 7.92. The molecule has 6 nitrogen and oxygen atoms in total. The van der Waals surface area contributed by atoms with Crippen molar-refractivity contribution in [3.8, 4) is 0 Å². The number of amides is 1. The topological polar surface area (TPSA) is 69.7 Å². The Morgan fingerprint density at radius 3 is 2.33 bits per heavy atom. The Labute approximate surface area is 159 Å². The molecule has 4 rings (SSSR count). The molecule has 7 heteroatoms. The zero-order valence-electron chi connectivity index (χ0n) is 15.2. The van der Waals surface area contributed by atoms with Crippen molar-refractivity contribution in [1.82, 2.24) is 4.90 Å². The van der Waals surface area contributed by atoms with Crippen molar-refractivity contribution in [2.24, 2.45) is 0 Å². The second-order valence-electron chi connectivity index (χ2n) is 7.07. The quantitative estimate of drug-likeness (QED) is 0.859. The van der Waals surface area contributed by atoms with Crippen LogP contribution < -0.4 is 9.62 Å². The molecule has 1 amide bonds. The molecule has 2 aliphatic heterocycles. The van der Waals surface area contributed by atoms with Crippen molar-refractivity contribution in [1.29, 1.82) is 0 Å². The second-order valence-corrected chi connectivity index (χ2v) is 9.08. The number of piperazine rings is 1. The number of rotatable bonds is 5. The van der Waals surface area contributed by atoms with E-state index in [2.05, 4.69) is 21.8 Å². The van der Waals surface area contributed by atoms with Gasteiger partial charge in [0.15, 0.2) is 0 Å². The Kier molecular flexibility index (Phi) is 4.55. The van der Waals surface area contributed by atoms with E-state index >= 15 is 0 Å². The number of carbonyl (C=O) groups excluding carboxylic acids is 1. The molecule has 2 heterocycles. The van der Waals surface area contributed by atoms with Gasteiger partial charge in [-0.3, -0.25) is 9.52 Å². The van der Waals surface area contributed by atoms with Crippen molar-refractivity contribution in [2.75, 3.05) is 28.5 Å². The third-order valence-corrected chi connectivity index (χ3v) is 6.68. The van der Waals surface area contributed by atoms with Crippen molar-refractivity contribution in [3.05, 3.63) is 60.2 Å². The Morgan fingerprint density at radius 1 is 1.04 bits per heavy atom. The summed E-state index contributed by atoms with van der Waals surface area (Å²) < 4.78 is 25.8. The van der Waals surface area contributed by atoms with Gasteiger partial charge in [-0.1, -0.05) is 18.2 Å². The van der Waals surface area contributed by atoms with E-state index in [-0.39, 0.29) is 17.7 Å². The number of anilines is 2. The number of hydrogen-bond donors (Lipinski definition) is 1. The van der Waals surface area contributed by atoms with E-state index in [0.717, 1.165) is 19.5 Å². The smallest absolute Gasteiger partial charge is 0.254 e. The van der Waals surface area contributed by atoms with Crippen LogP contribution in [0.3, 0.4) is 0 Å². The number of para-hydroxylation sites is 1. The Morgan fingerprint density at radius 2 is 1.74 bits per heavy atom. The first-order valence-corrected chi connectivity index (χ1v) is 10.9. The van der Waals surface area contributed by atoms with Gasteiger partial charge in [-0.05, 0) is 49.7 Å². The summed E-state index contributed by atoms with van der Waals surface area (Å²) >= 11 is 0. The summed E-state index contributed by atoms with van der Waals surface area (Å²) in [5, 5.41) is 0. The van der Waals surface area contributed by atoms with Gasteiger partial charge < -0.3 is 9.80 Å². The maximum Gasteiger partial charge on any atom is 0.254 e. The SMILES string of the molecule is CCS(=O)(=O)Nc1ccc(C(=O)N2C[C@@H]3C[C@H]2CN3c2ccccc2)cc1. The lowest BCUT2D eigenvalue weighted by Gasteiger charge is -2.35. The molecule has 2 aromatic rings. The van der Waals surface area contributed by atoms with Crippen LogP contribution in [0.15, 0.2) is 54.6 Å². The van der Waals surface area contributed by atoms with Crippen molar-refractivity contribution in [3.63, 3.8) is 0 Å². The zero-order valence-corrected chi connectivity index (χ0v) is 16.0. The maximum absolute atomic E-state index is 12.9. The predicted octanol–water partition coefficient (Wildman–Crippen LogP) is 2.55. The number of nitrogens with one attached hydrogen (secondary N) is 1. The lowest BCUT2D eigenvalue weighted by atomic mass is 10.1. The minimum absolute atomic E-state index is 0.0140. The van der Waals surface area contributed by atoms with Gasteiger partial charge in [0.25, 0.3) is 5.91 Å². The third kappa shape index (κ3) is 3.51. The van der Waals surface area contributed by atoms with Crippen LogP contribution in [0.2, 0.25) is 0 Å². The van der Waals surface area contributed by atoms with Gasteiger partial charge in [0.05, 0.1) is 11.8 Å². The summed E-state index contributed by atoms with van der Waals surface area (Å²) in [5.74, 6) is 0.0303. The number of likely N-dealkylation sites (tertiary alicyclic amines) is 1. The van der Waals surface area contributed by atoms with Crippen LogP contribution in [0.25, 0.3) is 0 Å². The summed E-state index contributed by atoms with van der Waals surface area (Å²) in [5.41, 5.74) is 2.28. The summed E-state index contributed by atoms with van der Waals surface area (Å²) in [6.07, 6.45) is 0.995. The molecule has 2 fully saturated rings. The molecular weight excluding hydrogens is 362 g/mol. The first kappa shape index (κ1) is 17.9. The van der Waals surface area contributed by atoms with Gasteiger partial charge in [-0.2, -0.15) is 0 Å². The van der Waals surface area contributed by atoms with Gasteiger partial charge in [0.2, 0.25) is 10.0 Å². The molecule has 2 aliphatic rings. The van der Waals surface area contributed by atoms with Crippen LogP contribution in [0.5, 0.6) is 0 Å². The average molecular weight is 385 g/mol. The fraction of sp³-hybridized carbons (Fsp3) is 0.350. The van der Waals surface area contributed by atoms with E-state index in [1.807, 2.05) is 23.1 Å². The van der Waals surface area contributed by atoms with Gasteiger partial charge >= 0.3 is 0 Å². The fourth-order valence-corrected chi connectivity index (χ4v) is 4.59. The Bertz CT molecular complexity index is 929. The van der Waals surface area contributed by atoms with Gasteiger partial charge in [-0.15, -0.1) is 0 Å². The van der Waals surface area contributed by atoms with Crippen LogP contribution in [0.1, 0.15) is 23.7 Å².